The molecule has 0 saturated carbocycles. The first-order chi connectivity index (χ1) is 12.9. The van der Waals surface area contributed by atoms with E-state index < -0.39 is 23.2 Å². The molecular formula is C18H22N4O4S. The normalized spacial score (nSPS) is 18.6. The lowest BCUT2D eigenvalue weighted by Gasteiger charge is -2.18. The van der Waals surface area contributed by atoms with Crippen LogP contribution in [-0.4, -0.2) is 40.5 Å². The van der Waals surface area contributed by atoms with Gasteiger partial charge in [-0.1, -0.05) is 42.1 Å². The Kier molecular flexibility index (Phi) is 7.54. The first-order valence-corrected chi connectivity index (χ1v) is 9.36. The van der Waals surface area contributed by atoms with Gasteiger partial charge >= 0.3 is 5.97 Å². The molecule has 2 amide bonds. The van der Waals surface area contributed by atoms with Crippen molar-refractivity contribution in [3.05, 3.63) is 35.9 Å². The third-order valence-corrected chi connectivity index (χ3v) is 4.52. The quantitative estimate of drug-likeness (QED) is 0.419. The predicted octanol–water partition coefficient (Wildman–Crippen LogP) is 1.78. The minimum Gasteiger partial charge on any atom is -0.464 e. The van der Waals surface area contributed by atoms with Crippen LogP contribution in [-0.2, 0) is 19.1 Å². The van der Waals surface area contributed by atoms with Crippen LogP contribution in [0.15, 0.2) is 40.5 Å². The van der Waals surface area contributed by atoms with Gasteiger partial charge in [-0.25, -0.2) is 4.79 Å². The third-order valence-electron chi connectivity index (χ3n) is 3.45. The topological polar surface area (TPSA) is 109 Å². The third kappa shape index (κ3) is 6.21. The lowest BCUT2D eigenvalue weighted by Crippen LogP contribution is -2.37. The van der Waals surface area contributed by atoms with Crippen LogP contribution < -0.4 is 10.6 Å². The van der Waals surface area contributed by atoms with Crippen LogP contribution in [0.4, 0.5) is 0 Å². The number of nitrogens with one attached hydrogen (secondary N) is 2. The average molecular weight is 390 g/mol. The molecule has 1 aliphatic rings. The SMILES string of the molecule is CCOC(=O)C(NC(=O)CC1SC(=NN=C(C)C)NC1=O)c1ccccc1. The Morgan fingerprint density at radius 2 is 2.00 bits per heavy atom. The van der Waals surface area contributed by atoms with Gasteiger partial charge in [0, 0.05) is 12.1 Å². The van der Waals surface area contributed by atoms with Crippen molar-refractivity contribution in [2.45, 2.75) is 38.5 Å². The molecule has 8 nitrogen and oxygen atoms in total. The molecule has 2 N–H and O–H groups in total. The molecule has 27 heavy (non-hydrogen) atoms. The fraction of sp³-hybridized carbons (Fsp3) is 0.389. The Hall–Kier alpha value is -2.68. The monoisotopic (exact) mass is 390 g/mol. The number of nitrogens with zero attached hydrogens (tertiary/aromatic N) is 2. The molecule has 1 aliphatic heterocycles. The van der Waals surface area contributed by atoms with Crippen molar-refractivity contribution in [2.24, 2.45) is 10.2 Å². The van der Waals surface area contributed by atoms with Gasteiger partial charge in [0.1, 0.15) is 5.25 Å². The molecule has 2 rings (SSSR count). The maximum absolute atomic E-state index is 12.4. The summed E-state index contributed by atoms with van der Waals surface area (Å²) in [5.41, 5.74) is 1.36. The smallest absolute Gasteiger partial charge is 0.333 e. The highest BCUT2D eigenvalue weighted by Gasteiger charge is 2.33. The van der Waals surface area contributed by atoms with E-state index in [1.54, 1.807) is 45.0 Å². The second kappa shape index (κ2) is 9.86. The summed E-state index contributed by atoms with van der Waals surface area (Å²) in [5, 5.41) is 12.8. The molecule has 1 fully saturated rings. The lowest BCUT2D eigenvalue weighted by molar-refractivity contribution is -0.147. The van der Waals surface area contributed by atoms with E-state index in [0.29, 0.717) is 10.7 Å². The van der Waals surface area contributed by atoms with Gasteiger partial charge < -0.3 is 15.4 Å². The van der Waals surface area contributed by atoms with Gasteiger partial charge in [-0.3, -0.25) is 9.59 Å². The van der Waals surface area contributed by atoms with Crippen molar-refractivity contribution >= 4 is 40.4 Å². The Balaban J connectivity index is 2.03. The van der Waals surface area contributed by atoms with Crippen LogP contribution in [0, 0.1) is 0 Å². The molecule has 1 heterocycles. The van der Waals surface area contributed by atoms with E-state index in [-0.39, 0.29) is 18.9 Å². The van der Waals surface area contributed by atoms with Gasteiger partial charge in [-0.15, -0.1) is 5.10 Å². The van der Waals surface area contributed by atoms with Crippen LogP contribution in [0.1, 0.15) is 38.8 Å². The molecule has 2 unspecified atom stereocenters. The molecule has 0 spiro atoms. The summed E-state index contributed by atoms with van der Waals surface area (Å²) < 4.78 is 5.05. The van der Waals surface area contributed by atoms with Crippen molar-refractivity contribution < 1.29 is 19.1 Å². The molecular weight excluding hydrogens is 368 g/mol. The zero-order valence-corrected chi connectivity index (χ0v) is 16.2. The van der Waals surface area contributed by atoms with E-state index in [1.807, 2.05) is 6.07 Å². The van der Waals surface area contributed by atoms with Crippen LogP contribution in [0.25, 0.3) is 0 Å². The van der Waals surface area contributed by atoms with Crippen molar-refractivity contribution in [1.29, 1.82) is 0 Å². The van der Waals surface area contributed by atoms with Crippen LogP contribution in [0.5, 0.6) is 0 Å². The number of amidine groups is 1. The molecule has 9 heteroatoms. The van der Waals surface area contributed by atoms with Crippen LogP contribution in [0.3, 0.4) is 0 Å². The number of hydrogen-bond acceptors (Lipinski definition) is 7. The van der Waals surface area contributed by atoms with E-state index in [4.69, 9.17) is 4.74 Å². The summed E-state index contributed by atoms with van der Waals surface area (Å²) >= 11 is 1.14. The minimum atomic E-state index is -0.923. The number of rotatable bonds is 7. The summed E-state index contributed by atoms with van der Waals surface area (Å²) in [4.78, 5) is 36.7. The van der Waals surface area contributed by atoms with Crippen molar-refractivity contribution in [3.8, 4) is 0 Å². The zero-order chi connectivity index (χ0) is 19.8. The standard InChI is InChI=1S/C18H22N4O4S/c1-4-26-17(25)15(12-8-6-5-7-9-12)19-14(23)10-13-16(24)20-18(27-13)22-21-11(2)3/h5-9,13,15H,4,10H2,1-3H3,(H,19,23)(H,20,22,24). The zero-order valence-electron chi connectivity index (χ0n) is 15.4. The first-order valence-electron chi connectivity index (χ1n) is 8.48. The lowest BCUT2D eigenvalue weighted by atomic mass is 10.1. The van der Waals surface area contributed by atoms with E-state index >= 15 is 0 Å². The molecule has 0 aliphatic carbocycles. The molecule has 2 atom stereocenters. The maximum Gasteiger partial charge on any atom is 0.333 e. The molecule has 1 aromatic carbocycles. The number of hydrogen-bond donors (Lipinski definition) is 2. The summed E-state index contributed by atoms with van der Waals surface area (Å²) in [7, 11) is 0. The molecule has 0 bridgehead atoms. The summed E-state index contributed by atoms with van der Waals surface area (Å²) in [6.45, 7) is 5.48. The highest BCUT2D eigenvalue weighted by molar-refractivity contribution is 8.15. The molecule has 0 radical (unpaired) electrons. The number of thioether (sulfide) groups is 1. The number of carbonyl (C=O) groups excluding carboxylic acids is 3. The number of benzene rings is 1. The van der Waals surface area contributed by atoms with Gasteiger partial charge in [0.25, 0.3) is 0 Å². The summed E-state index contributed by atoms with van der Waals surface area (Å²) in [6.07, 6.45) is -0.0902. The first kappa shape index (κ1) is 20.6. The van der Waals surface area contributed by atoms with Crippen LogP contribution >= 0.6 is 11.8 Å². The van der Waals surface area contributed by atoms with Gasteiger partial charge in [0.15, 0.2) is 11.2 Å². The van der Waals surface area contributed by atoms with E-state index in [9.17, 15) is 14.4 Å². The second-order valence-corrected chi connectivity index (χ2v) is 7.11. The predicted molar refractivity (Wildman–Crippen MR) is 104 cm³/mol. The van der Waals surface area contributed by atoms with E-state index in [1.165, 1.54) is 0 Å². The summed E-state index contributed by atoms with van der Waals surface area (Å²) in [5.74, 6) is -1.29. The molecule has 1 aromatic rings. The maximum atomic E-state index is 12.4. The molecule has 1 saturated heterocycles. The van der Waals surface area contributed by atoms with Gasteiger partial charge in [-0.2, -0.15) is 5.10 Å². The molecule has 144 valence electrons. The fourth-order valence-corrected chi connectivity index (χ4v) is 3.19. The van der Waals surface area contributed by atoms with Gasteiger partial charge in [0.2, 0.25) is 11.8 Å². The Morgan fingerprint density at radius 3 is 2.63 bits per heavy atom. The van der Waals surface area contributed by atoms with Crippen LogP contribution in [0.2, 0.25) is 0 Å². The number of amides is 2. The highest BCUT2D eigenvalue weighted by atomic mass is 32.2. The highest BCUT2D eigenvalue weighted by Crippen LogP contribution is 2.23. The largest absolute Gasteiger partial charge is 0.464 e. The van der Waals surface area contributed by atoms with E-state index in [0.717, 1.165) is 17.5 Å². The van der Waals surface area contributed by atoms with Gasteiger partial charge in [0.05, 0.1) is 6.61 Å². The van der Waals surface area contributed by atoms with Crippen molar-refractivity contribution in [1.82, 2.24) is 10.6 Å². The minimum absolute atomic E-state index is 0.0902. The number of carbonyl (C=O) groups is 3. The van der Waals surface area contributed by atoms with E-state index in [2.05, 4.69) is 20.8 Å². The Morgan fingerprint density at radius 1 is 1.30 bits per heavy atom. The Labute approximate surface area is 161 Å². The van der Waals surface area contributed by atoms with Crippen molar-refractivity contribution in [3.63, 3.8) is 0 Å². The second-order valence-electron chi connectivity index (χ2n) is 5.92. The molecule has 0 aromatic heterocycles. The summed E-state index contributed by atoms with van der Waals surface area (Å²) in [6, 6.07) is 7.89. The van der Waals surface area contributed by atoms with Crippen molar-refractivity contribution in [2.75, 3.05) is 6.61 Å². The number of esters is 1. The average Bonchev–Trinajstić information content (AvgIpc) is 2.98. The number of ether oxygens (including phenoxy) is 1. The Bertz CT molecular complexity index is 760. The fourth-order valence-electron chi connectivity index (χ4n) is 2.27. The van der Waals surface area contributed by atoms with Gasteiger partial charge in [-0.05, 0) is 26.3 Å².